The van der Waals surface area contributed by atoms with Gasteiger partial charge in [-0.2, -0.15) is 0 Å². The van der Waals surface area contributed by atoms with E-state index in [2.05, 4.69) is 10.3 Å². The zero-order valence-electron chi connectivity index (χ0n) is 12.4. The van der Waals surface area contributed by atoms with Crippen molar-refractivity contribution in [3.05, 3.63) is 83.4 Å². The Balaban J connectivity index is 1.80. The molecule has 0 unspecified atom stereocenters. The standard InChI is InChI=1S/C18H12ClFN2O2/c19-13-4-1-3-12(7-13)18(23)22-15-8-14(20)9-17(10-15)24-16-5-2-6-21-11-16/h1-11H,(H,22,23). The van der Waals surface area contributed by atoms with Crippen LogP contribution in [0.25, 0.3) is 0 Å². The Labute approximate surface area is 142 Å². The topological polar surface area (TPSA) is 51.2 Å². The number of nitrogens with zero attached hydrogens (tertiary/aromatic N) is 1. The van der Waals surface area contributed by atoms with E-state index in [9.17, 15) is 9.18 Å². The van der Waals surface area contributed by atoms with Crippen LogP contribution in [0, 0.1) is 5.82 Å². The van der Waals surface area contributed by atoms with Gasteiger partial charge in [0.1, 0.15) is 17.3 Å². The van der Waals surface area contributed by atoms with Crippen molar-refractivity contribution >= 4 is 23.2 Å². The number of carbonyl (C=O) groups excluding carboxylic acids is 1. The summed E-state index contributed by atoms with van der Waals surface area (Å²) in [5.74, 6) is -0.201. The monoisotopic (exact) mass is 342 g/mol. The van der Waals surface area contributed by atoms with Crippen LogP contribution in [0.15, 0.2) is 67.0 Å². The molecule has 120 valence electrons. The van der Waals surface area contributed by atoms with Gasteiger partial charge in [0.25, 0.3) is 5.91 Å². The van der Waals surface area contributed by atoms with Crippen molar-refractivity contribution in [3.63, 3.8) is 0 Å². The van der Waals surface area contributed by atoms with Crippen molar-refractivity contribution in [3.8, 4) is 11.5 Å². The van der Waals surface area contributed by atoms with Crippen molar-refractivity contribution in [2.45, 2.75) is 0 Å². The maximum Gasteiger partial charge on any atom is 0.255 e. The molecule has 3 rings (SSSR count). The molecule has 0 fully saturated rings. The number of hydrogen-bond acceptors (Lipinski definition) is 3. The highest BCUT2D eigenvalue weighted by atomic mass is 35.5. The van der Waals surface area contributed by atoms with Crippen molar-refractivity contribution in [1.82, 2.24) is 4.98 Å². The van der Waals surface area contributed by atoms with Crippen LogP contribution in [-0.2, 0) is 0 Å². The number of nitrogens with one attached hydrogen (secondary N) is 1. The number of ether oxygens (including phenoxy) is 1. The van der Waals surface area contributed by atoms with Crippen molar-refractivity contribution in [2.75, 3.05) is 5.32 Å². The van der Waals surface area contributed by atoms with Crippen LogP contribution >= 0.6 is 11.6 Å². The summed E-state index contributed by atoms with van der Waals surface area (Å²) in [5, 5.41) is 3.07. The first-order chi connectivity index (χ1) is 11.6. The maximum atomic E-state index is 13.8. The average Bonchev–Trinajstić information content (AvgIpc) is 2.55. The maximum absolute atomic E-state index is 13.8. The summed E-state index contributed by atoms with van der Waals surface area (Å²) in [7, 11) is 0. The number of rotatable bonds is 4. The Morgan fingerprint density at radius 2 is 1.96 bits per heavy atom. The fourth-order valence-corrected chi connectivity index (χ4v) is 2.26. The minimum atomic E-state index is -0.530. The second-order valence-electron chi connectivity index (χ2n) is 4.93. The summed E-state index contributed by atoms with van der Waals surface area (Å²) in [6.07, 6.45) is 3.12. The summed E-state index contributed by atoms with van der Waals surface area (Å²) in [5.41, 5.74) is 0.653. The largest absolute Gasteiger partial charge is 0.456 e. The van der Waals surface area contributed by atoms with Crippen molar-refractivity contribution in [2.24, 2.45) is 0 Å². The SMILES string of the molecule is O=C(Nc1cc(F)cc(Oc2cccnc2)c1)c1cccc(Cl)c1. The van der Waals surface area contributed by atoms with E-state index in [0.717, 1.165) is 0 Å². The summed E-state index contributed by atoms with van der Waals surface area (Å²) >= 11 is 5.87. The molecule has 0 saturated carbocycles. The fourth-order valence-electron chi connectivity index (χ4n) is 2.07. The van der Waals surface area contributed by atoms with E-state index >= 15 is 0 Å². The molecule has 1 amide bonds. The van der Waals surface area contributed by atoms with Crippen LogP contribution in [0.4, 0.5) is 10.1 Å². The molecule has 3 aromatic rings. The number of aromatic nitrogens is 1. The number of carbonyl (C=O) groups is 1. The molecule has 0 atom stereocenters. The van der Waals surface area contributed by atoms with E-state index in [1.54, 1.807) is 36.5 Å². The lowest BCUT2D eigenvalue weighted by Gasteiger charge is -2.09. The third kappa shape index (κ3) is 4.08. The van der Waals surface area contributed by atoms with Gasteiger partial charge in [-0.15, -0.1) is 0 Å². The number of halogens is 2. The molecule has 24 heavy (non-hydrogen) atoms. The summed E-state index contributed by atoms with van der Waals surface area (Å²) in [6, 6.07) is 13.8. The van der Waals surface area contributed by atoms with E-state index in [0.29, 0.717) is 16.3 Å². The second-order valence-corrected chi connectivity index (χ2v) is 5.37. The molecule has 1 heterocycles. The summed E-state index contributed by atoms with van der Waals surface area (Å²) in [4.78, 5) is 16.1. The van der Waals surface area contributed by atoms with Gasteiger partial charge in [-0.3, -0.25) is 9.78 Å². The normalized spacial score (nSPS) is 10.2. The van der Waals surface area contributed by atoms with Gasteiger partial charge in [-0.1, -0.05) is 17.7 Å². The van der Waals surface area contributed by atoms with Gasteiger partial charge >= 0.3 is 0 Å². The molecule has 0 bridgehead atoms. The Hall–Kier alpha value is -2.92. The molecule has 1 aromatic heterocycles. The number of amides is 1. The quantitative estimate of drug-likeness (QED) is 0.732. The predicted molar refractivity (Wildman–Crippen MR) is 90.1 cm³/mol. The van der Waals surface area contributed by atoms with Gasteiger partial charge in [0.05, 0.1) is 6.20 Å². The minimum absolute atomic E-state index is 0.254. The number of anilines is 1. The molecule has 0 aliphatic rings. The van der Waals surface area contributed by atoms with Crippen LogP contribution in [0.5, 0.6) is 11.5 Å². The Morgan fingerprint density at radius 3 is 2.71 bits per heavy atom. The first-order valence-electron chi connectivity index (χ1n) is 7.05. The molecular weight excluding hydrogens is 331 g/mol. The molecular formula is C18H12ClFN2O2. The van der Waals surface area contributed by atoms with E-state index in [1.807, 2.05) is 0 Å². The summed E-state index contributed by atoms with van der Waals surface area (Å²) < 4.78 is 19.3. The lowest BCUT2D eigenvalue weighted by Crippen LogP contribution is -2.12. The number of hydrogen-bond donors (Lipinski definition) is 1. The van der Waals surface area contributed by atoms with Crippen molar-refractivity contribution < 1.29 is 13.9 Å². The minimum Gasteiger partial charge on any atom is -0.456 e. The Bertz CT molecular complexity index is 872. The van der Waals surface area contributed by atoms with Gasteiger partial charge in [0, 0.05) is 34.6 Å². The first-order valence-corrected chi connectivity index (χ1v) is 7.43. The van der Waals surface area contributed by atoms with E-state index < -0.39 is 11.7 Å². The molecule has 4 nitrogen and oxygen atoms in total. The van der Waals surface area contributed by atoms with Gasteiger partial charge in [-0.05, 0) is 36.4 Å². The molecule has 0 aliphatic heterocycles. The highest BCUT2D eigenvalue weighted by molar-refractivity contribution is 6.31. The van der Waals surface area contributed by atoms with Crippen LogP contribution in [0.2, 0.25) is 5.02 Å². The van der Waals surface area contributed by atoms with E-state index in [-0.39, 0.29) is 11.4 Å². The molecule has 6 heteroatoms. The van der Waals surface area contributed by atoms with Crippen LogP contribution in [0.3, 0.4) is 0 Å². The lowest BCUT2D eigenvalue weighted by atomic mass is 10.2. The van der Waals surface area contributed by atoms with Crippen LogP contribution in [0.1, 0.15) is 10.4 Å². The lowest BCUT2D eigenvalue weighted by molar-refractivity contribution is 0.102. The smallest absolute Gasteiger partial charge is 0.255 e. The highest BCUT2D eigenvalue weighted by Crippen LogP contribution is 2.25. The van der Waals surface area contributed by atoms with E-state index in [1.165, 1.54) is 30.5 Å². The molecule has 0 spiro atoms. The second kappa shape index (κ2) is 7.10. The van der Waals surface area contributed by atoms with Crippen molar-refractivity contribution in [1.29, 1.82) is 0 Å². The molecule has 1 N–H and O–H groups in total. The van der Waals surface area contributed by atoms with Crippen LogP contribution in [-0.4, -0.2) is 10.9 Å². The first kappa shape index (κ1) is 16.0. The third-order valence-corrected chi connectivity index (χ3v) is 3.32. The summed E-state index contributed by atoms with van der Waals surface area (Å²) in [6.45, 7) is 0. The number of benzene rings is 2. The molecule has 0 saturated heterocycles. The third-order valence-electron chi connectivity index (χ3n) is 3.09. The Morgan fingerprint density at radius 1 is 1.08 bits per heavy atom. The Kier molecular flexibility index (Phi) is 4.72. The highest BCUT2D eigenvalue weighted by Gasteiger charge is 2.09. The fraction of sp³-hybridized carbons (Fsp3) is 0. The molecule has 0 radical (unpaired) electrons. The zero-order chi connectivity index (χ0) is 16.9. The zero-order valence-corrected chi connectivity index (χ0v) is 13.1. The molecule has 0 aliphatic carbocycles. The van der Waals surface area contributed by atoms with Crippen LogP contribution < -0.4 is 10.1 Å². The average molecular weight is 343 g/mol. The predicted octanol–water partition coefficient (Wildman–Crippen LogP) is 4.92. The van der Waals surface area contributed by atoms with Gasteiger partial charge in [0.15, 0.2) is 0 Å². The van der Waals surface area contributed by atoms with Gasteiger partial charge < -0.3 is 10.1 Å². The van der Waals surface area contributed by atoms with Gasteiger partial charge in [0.2, 0.25) is 0 Å². The van der Waals surface area contributed by atoms with E-state index in [4.69, 9.17) is 16.3 Å². The number of pyridine rings is 1. The van der Waals surface area contributed by atoms with Gasteiger partial charge in [-0.25, -0.2) is 4.39 Å². The molecule has 2 aromatic carbocycles.